The molecule has 0 spiro atoms. The maximum Gasteiger partial charge on any atom is 0.164 e. The SMILES string of the molecule is Cc1ccc(-c2cc(-c3cccc(-c4ccncc4)c3)cc(-c3nc(-c4ccccc4)nc(-c4ccccc4)n3)c2)cc1. The summed E-state index contributed by atoms with van der Waals surface area (Å²) in [5.41, 5.74) is 10.8. The molecule has 0 aliphatic carbocycles. The first kappa shape index (κ1) is 26.2. The molecular formula is C39H28N4. The highest BCUT2D eigenvalue weighted by Crippen LogP contribution is 2.34. The van der Waals surface area contributed by atoms with Gasteiger partial charge in [0.05, 0.1) is 0 Å². The van der Waals surface area contributed by atoms with E-state index in [0.717, 1.165) is 50.1 Å². The van der Waals surface area contributed by atoms with Gasteiger partial charge in [0.25, 0.3) is 0 Å². The number of benzene rings is 5. The van der Waals surface area contributed by atoms with Gasteiger partial charge in [0.15, 0.2) is 17.5 Å². The van der Waals surface area contributed by atoms with E-state index >= 15 is 0 Å². The number of nitrogens with zero attached hydrogens (tertiary/aromatic N) is 4. The summed E-state index contributed by atoms with van der Waals surface area (Å²) in [5, 5.41) is 0. The van der Waals surface area contributed by atoms with Crippen LogP contribution in [0.5, 0.6) is 0 Å². The van der Waals surface area contributed by atoms with Crippen molar-refractivity contribution in [2.24, 2.45) is 0 Å². The fraction of sp³-hybridized carbons (Fsp3) is 0.0256. The predicted octanol–water partition coefficient (Wildman–Crippen LogP) is 9.58. The van der Waals surface area contributed by atoms with Crippen LogP contribution in [0.3, 0.4) is 0 Å². The highest BCUT2D eigenvalue weighted by Gasteiger charge is 2.15. The van der Waals surface area contributed by atoms with Crippen LogP contribution < -0.4 is 0 Å². The van der Waals surface area contributed by atoms with E-state index < -0.39 is 0 Å². The van der Waals surface area contributed by atoms with E-state index in [9.17, 15) is 0 Å². The van der Waals surface area contributed by atoms with Gasteiger partial charge in [-0.25, -0.2) is 15.0 Å². The molecule has 0 saturated carbocycles. The predicted molar refractivity (Wildman–Crippen MR) is 175 cm³/mol. The van der Waals surface area contributed by atoms with Gasteiger partial charge in [-0.1, -0.05) is 109 Å². The van der Waals surface area contributed by atoms with Crippen molar-refractivity contribution in [1.82, 2.24) is 19.9 Å². The molecule has 0 fully saturated rings. The Morgan fingerprint density at radius 1 is 0.326 bits per heavy atom. The van der Waals surface area contributed by atoms with Crippen molar-refractivity contribution in [2.45, 2.75) is 6.92 Å². The Labute approximate surface area is 251 Å². The number of aromatic nitrogens is 4. The third kappa shape index (κ3) is 5.72. The highest BCUT2D eigenvalue weighted by atomic mass is 15.0. The molecular weight excluding hydrogens is 524 g/mol. The molecule has 0 saturated heterocycles. The third-order valence-electron chi connectivity index (χ3n) is 7.49. The van der Waals surface area contributed by atoms with Gasteiger partial charge >= 0.3 is 0 Å². The zero-order valence-corrected chi connectivity index (χ0v) is 23.7. The number of pyridine rings is 1. The van der Waals surface area contributed by atoms with Gasteiger partial charge in [-0.15, -0.1) is 0 Å². The Morgan fingerprint density at radius 2 is 0.744 bits per heavy atom. The smallest absolute Gasteiger partial charge is 0.164 e. The highest BCUT2D eigenvalue weighted by molar-refractivity contribution is 5.82. The van der Waals surface area contributed by atoms with Crippen molar-refractivity contribution in [3.8, 4) is 67.5 Å². The zero-order chi connectivity index (χ0) is 29.0. The third-order valence-corrected chi connectivity index (χ3v) is 7.49. The summed E-state index contributed by atoms with van der Waals surface area (Å²) in [6.45, 7) is 2.11. The van der Waals surface area contributed by atoms with Crippen molar-refractivity contribution < 1.29 is 0 Å². The molecule has 5 aromatic carbocycles. The minimum absolute atomic E-state index is 0.633. The van der Waals surface area contributed by atoms with Gasteiger partial charge in [-0.3, -0.25) is 4.98 Å². The normalized spacial score (nSPS) is 10.9. The molecule has 0 atom stereocenters. The van der Waals surface area contributed by atoms with Crippen molar-refractivity contribution >= 4 is 0 Å². The van der Waals surface area contributed by atoms with Crippen LogP contribution in [0.4, 0.5) is 0 Å². The number of hydrogen-bond donors (Lipinski definition) is 0. The maximum absolute atomic E-state index is 5.02. The van der Waals surface area contributed by atoms with Crippen molar-refractivity contribution in [2.75, 3.05) is 0 Å². The average molecular weight is 553 g/mol. The molecule has 7 aromatic rings. The molecule has 0 aliphatic heterocycles. The summed E-state index contributed by atoms with van der Waals surface area (Å²) < 4.78 is 0. The first-order chi connectivity index (χ1) is 21.2. The first-order valence-corrected chi connectivity index (χ1v) is 14.3. The Hall–Kier alpha value is -5.74. The molecule has 204 valence electrons. The summed E-state index contributed by atoms with van der Waals surface area (Å²) in [7, 11) is 0. The Kier molecular flexibility index (Phi) is 7.08. The van der Waals surface area contributed by atoms with Crippen molar-refractivity contribution in [3.63, 3.8) is 0 Å². The molecule has 4 heteroatoms. The van der Waals surface area contributed by atoms with Crippen LogP contribution in [-0.4, -0.2) is 19.9 Å². The Balaban J connectivity index is 1.43. The summed E-state index contributed by atoms with van der Waals surface area (Å²) in [5.74, 6) is 1.92. The lowest BCUT2D eigenvalue weighted by molar-refractivity contribution is 1.07. The quantitative estimate of drug-likeness (QED) is 0.206. The molecule has 0 unspecified atom stereocenters. The summed E-state index contributed by atoms with van der Waals surface area (Å²) in [6, 6.07) is 48.1. The second-order valence-corrected chi connectivity index (χ2v) is 10.5. The lowest BCUT2D eigenvalue weighted by Crippen LogP contribution is -2.00. The minimum atomic E-state index is 0.633. The first-order valence-electron chi connectivity index (χ1n) is 14.3. The second-order valence-electron chi connectivity index (χ2n) is 10.5. The fourth-order valence-corrected chi connectivity index (χ4v) is 5.20. The Morgan fingerprint density at radius 3 is 1.33 bits per heavy atom. The fourth-order valence-electron chi connectivity index (χ4n) is 5.20. The minimum Gasteiger partial charge on any atom is -0.265 e. The molecule has 0 bridgehead atoms. The van der Waals surface area contributed by atoms with Crippen LogP contribution in [0.25, 0.3) is 67.5 Å². The molecule has 0 aliphatic rings. The molecule has 2 heterocycles. The topological polar surface area (TPSA) is 51.6 Å². The zero-order valence-electron chi connectivity index (χ0n) is 23.7. The van der Waals surface area contributed by atoms with Crippen LogP contribution >= 0.6 is 0 Å². The largest absolute Gasteiger partial charge is 0.265 e. The van der Waals surface area contributed by atoms with E-state index in [4.69, 9.17) is 15.0 Å². The standard InChI is InChI=1S/C39H28N4/c1-27-15-17-28(18-16-27)34-24-35(33-14-8-13-32(23-33)29-19-21-40-22-20-29)26-36(25-34)39-42-37(30-9-4-2-5-10-30)41-38(43-39)31-11-6-3-7-12-31/h2-26H,1H3. The van der Waals surface area contributed by atoms with Crippen LogP contribution in [0.2, 0.25) is 0 Å². The molecule has 0 N–H and O–H groups in total. The van der Waals surface area contributed by atoms with Crippen molar-refractivity contribution in [1.29, 1.82) is 0 Å². The van der Waals surface area contributed by atoms with Gasteiger partial charge in [0.1, 0.15) is 0 Å². The van der Waals surface area contributed by atoms with E-state index in [1.54, 1.807) is 0 Å². The van der Waals surface area contributed by atoms with E-state index in [-0.39, 0.29) is 0 Å². The average Bonchev–Trinajstić information content (AvgIpc) is 3.09. The lowest BCUT2D eigenvalue weighted by Gasteiger charge is -2.13. The van der Waals surface area contributed by atoms with Crippen LogP contribution in [0.1, 0.15) is 5.56 Å². The van der Waals surface area contributed by atoms with Crippen molar-refractivity contribution in [3.05, 3.63) is 157 Å². The van der Waals surface area contributed by atoms with E-state index in [2.05, 4.69) is 78.6 Å². The summed E-state index contributed by atoms with van der Waals surface area (Å²) in [4.78, 5) is 19.1. The van der Waals surface area contributed by atoms with Crippen LogP contribution in [-0.2, 0) is 0 Å². The lowest BCUT2D eigenvalue weighted by atomic mass is 9.94. The number of aryl methyl sites for hydroxylation is 1. The number of rotatable bonds is 6. The van der Waals surface area contributed by atoms with Gasteiger partial charge in [0, 0.05) is 29.1 Å². The van der Waals surface area contributed by atoms with Gasteiger partial charge in [-0.05, 0) is 76.7 Å². The van der Waals surface area contributed by atoms with Crippen LogP contribution in [0.15, 0.2) is 152 Å². The molecule has 2 aromatic heterocycles. The number of hydrogen-bond acceptors (Lipinski definition) is 4. The molecule has 0 amide bonds. The van der Waals surface area contributed by atoms with E-state index in [1.165, 1.54) is 5.56 Å². The molecule has 43 heavy (non-hydrogen) atoms. The molecule has 7 rings (SSSR count). The summed E-state index contributed by atoms with van der Waals surface area (Å²) in [6.07, 6.45) is 3.65. The van der Waals surface area contributed by atoms with E-state index in [0.29, 0.717) is 17.5 Å². The van der Waals surface area contributed by atoms with Gasteiger partial charge in [0.2, 0.25) is 0 Å². The second kappa shape index (κ2) is 11.6. The maximum atomic E-state index is 5.02. The molecule has 4 nitrogen and oxygen atoms in total. The summed E-state index contributed by atoms with van der Waals surface area (Å²) >= 11 is 0. The Bertz CT molecular complexity index is 1950. The monoisotopic (exact) mass is 552 g/mol. The van der Waals surface area contributed by atoms with E-state index in [1.807, 2.05) is 85.2 Å². The van der Waals surface area contributed by atoms with Crippen LogP contribution in [0, 0.1) is 6.92 Å². The molecule has 0 radical (unpaired) electrons. The van der Waals surface area contributed by atoms with Gasteiger partial charge < -0.3 is 0 Å². The van der Waals surface area contributed by atoms with Gasteiger partial charge in [-0.2, -0.15) is 0 Å².